The number of nitrogens with zero attached hydrogens (tertiary/aromatic N) is 6. The summed E-state index contributed by atoms with van der Waals surface area (Å²) in [6.07, 6.45) is 21.0. The van der Waals surface area contributed by atoms with Crippen molar-refractivity contribution < 1.29 is 45.3 Å². The molecule has 2 aliphatic rings. The highest BCUT2D eigenvalue weighted by molar-refractivity contribution is 7.88. The van der Waals surface area contributed by atoms with E-state index in [1.807, 2.05) is 20.8 Å². The highest BCUT2D eigenvalue weighted by Gasteiger charge is 2.28. The molecular formula is C38H66N6O10S2. The van der Waals surface area contributed by atoms with Crippen LogP contribution in [0.1, 0.15) is 172 Å². The molecule has 2 heterocycles. The number of hydrogen-bond acceptors (Lipinski definition) is 13. The Kier molecular flexibility index (Phi) is 18.8. The Labute approximate surface area is 334 Å². The normalized spacial score (nSPS) is 17.4. The van der Waals surface area contributed by atoms with Gasteiger partial charge >= 0.3 is 11.9 Å². The predicted octanol–water partition coefficient (Wildman–Crippen LogP) is 6.80. The number of aromatic nitrogens is 4. The number of carboxylic acid groups (broad SMARTS) is 1. The molecule has 16 nitrogen and oxygen atoms in total. The summed E-state index contributed by atoms with van der Waals surface area (Å²) in [6, 6.07) is 0. The molecular weight excluding hydrogens is 765 g/mol. The molecule has 0 aliphatic heterocycles. The first-order chi connectivity index (χ1) is 26.2. The molecule has 0 aromatic carbocycles. The van der Waals surface area contributed by atoms with E-state index in [4.69, 9.17) is 13.8 Å². The molecule has 2 aromatic rings. The van der Waals surface area contributed by atoms with Gasteiger partial charge in [0.25, 0.3) is 0 Å². The van der Waals surface area contributed by atoms with Gasteiger partial charge in [-0.2, -0.15) is 18.6 Å². The topological polar surface area (TPSA) is 216 Å². The quantitative estimate of drug-likeness (QED) is 0.136. The van der Waals surface area contributed by atoms with Gasteiger partial charge in [0.05, 0.1) is 38.4 Å². The first-order valence-corrected chi connectivity index (χ1v) is 23.8. The number of ether oxygens (including phenoxy) is 1. The molecule has 4 rings (SSSR count). The maximum absolute atomic E-state index is 12.4. The Morgan fingerprint density at radius 2 is 1.12 bits per heavy atom. The average molecular weight is 831 g/mol. The summed E-state index contributed by atoms with van der Waals surface area (Å²) in [7, 11) is -3.78. The number of carboxylic acids is 1. The molecule has 0 saturated heterocycles. The number of sulfonamides is 2. The Balaban J connectivity index is 0.000000303. The van der Waals surface area contributed by atoms with Crippen LogP contribution in [0.2, 0.25) is 0 Å². The zero-order valence-electron chi connectivity index (χ0n) is 34.6. The summed E-state index contributed by atoms with van der Waals surface area (Å²) in [5, 5.41) is 16.9. The van der Waals surface area contributed by atoms with E-state index in [1.54, 1.807) is 0 Å². The zero-order chi connectivity index (χ0) is 41.5. The second-order valence-electron chi connectivity index (χ2n) is 16.8. The summed E-state index contributed by atoms with van der Waals surface area (Å²) in [6.45, 7) is 5.56. The van der Waals surface area contributed by atoms with Gasteiger partial charge in [-0.1, -0.05) is 100 Å². The molecule has 2 saturated carbocycles. The summed E-state index contributed by atoms with van der Waals surface area (Å²) in [4.78, 5) is 32.2. The van der Waals surface area contributed by atoms with Crippen molar-refractivity contribution in [2.45, 2.75) is 167 Å². The fraction of sp³-hybridized carbons (Fsp3) is 0.842. The molecule has 2 atom stereocenters. The third-order valence-electron chi connectivity index (χ3n) is 10.6. The van der Waals surface area contributed by atoms with E-state index in [2.05, 4.69) is 20.3 Å². The lowest BCUT2D eigenvalue weighted by atomic mass is 9.84. The second kappa shape index (κ2) is 22.3. The van der Waals surface area contributed by atoms with Gasteiger partial charge in [-0.15, -0.1) is 0 Å². The summed E-state index contributed by atoms with van der Waals surface area (Å²) < 4.78 is 64.6. The summed E-state index contributed by atoms with van der Waals surface area (Å²) in [5.41, 5.74) is -0.554. The third kappa shape index (κ3) is 18.1. The standard InChI is InChI=1S/C21H37N3O5S.C17H29N3O5S/c1-21(2,3)28-19(25)14-17(13-9-12-16-10-7-6-8-11-16)20-22-18(23-29-20)15-24(4)30(5,26)27;1-20(26(2,23)24)12-15-18-17(25-19-15)14(11-16(21)22)10-6-9-13-7-4-3-5-8-13/h16-17H,6-15H2,1-5H3;13-14H,3-12H2,1-2H3,(H,21,22)/t17-;14-/m11/s1. The van der Waals surface area contributed by atoms with Crippen LogP contribution < -0.4 is 0 Å². The molecule has 0 radical (unpaired) electrons. The minimum atomic E-state index is -3.34. The van der Waals surface area contributed by atoms with Crippen LogP contribution in [-0.4, -0.2) is 95.0 Å². The van der Waals surface area contributed by atoms with Gasteiger partial charge in [0.15, 0.2) is 11.6 Å². The second-order valence-corrected chi connectivity index (χ2v) is 21.0. The maximum atomic E-state index is 12.4. The Morgan fingerprint density at radius 3 is 1.48 bits per heavy atom. The monoisotopic (exact) mass is 830 g/mol. The van der Waals surface area contributed by atoms with E-state index in [0.717, 1.165) is 65.1 Å². The number of carbonyl (C=O) groups is 2. The number of aliphatic carboxylic acids is 1. The van der Waals surface area contributed by atoms with E-state index in [1.165, 1.54) is 78.3 Å². The van der Waals surface area contributed by atoms with Crippen molar-refractivity contribution in [2.75, 3.05) is 26.6 Å². The molecule has 2 aliphatic carbocycles. The minimum absolute atomic E-state index is 0.00417. The Morgan fingerprint density at radius 1 is 0.732 bits per heavy atom. The molecule has 18 heteroatoms. The van der Waals surface area contributed by atoms with Crippen molar-refractivity contribution in [3.8, 4) is 0 Å². The van der Waals surface area contributed by atoms with Crippen LogP contribution in [-0.2, 0) is 47.5 Å². The van der Waals surface area contributed by atoms with Crippen LogP contribution in [0.25, 0.3) is 0 Å². The van der Waals surface area contributed by atoms with E-state index in [-0.39, 0.29) is 55.5 Å². The van der Waals surface area contributed by atoms with Gasteiger partial charge in [0.2, 0.25) is 31.8 Å². The van der Waals surface area contributed by atoms with Gasteiger partial charge in [-0.05, 0) is 45.4 Å². The third-order valence-corrected chi connectivity index (χ3v) is 13.1. The van der Waals surface area contributed by atoms with Crippen molar-refractivity contribution in [3.63, 3.8) is 0 Å². The number of esters is 1. The van der Waals surface area contributed by atoms with Crippen LogP contribution in [0.15, 0.2) is 9.05 Å². The fourth-order valence-corrected chi connectivity index (χ4v) is 8.01. The summed E-state index contributed by atoms with van der Waals surface area (Å²) in [5.74, 6) is 0.954. The van der Waals surface area contributed by atoms with E-state index in [9.17, 15) is 31.5 Å². The van der Waals surface area contributed by atoms with E-state index in [0.29, 0.717) is 18.1 Å². The molecule has 0 amide bonds. The molecule has 56 heavy (non-hydrogen) atoms. The average Bonchev–Trinajstić information content (AvgIpc) is 3.77. The lowest BCUT2D eigenvalue weighted by Crippen LogP contribution is -2.25. The SMILES string of the molecule is CN(Cc1noc([C@H](CCCC2CCCCC2)CC(=O)O)n1)S(C)(=O)=O.CN(Cc1noc([C@H](CCCC2CCCCC2)CC(=O)OC(C)(C)C)n1)S(C)(=O)=O. The van der Waals surface area contributed by atoms with Crippen molar-refractivity contribution >= 4 is 32.0 Å². The number of carbonyl (C=O) groups excluding carboxylic acids is 1. The van der Waals surface area contributed by atoms with Crippen molar-refractivity contribution in [1.82, 2.24) is 28.9 Å². The molecule has 2 fully saturated rings. The van der Waals surface area contributed by atoms with Crippen LogP contribution in [0.3, 0.4) is 0 Å². The van der Waals surface area contributed by atoms with Gasteiger partial charge in [0, 0.05) is 25.9 Å². The van der Waals surface area contributed by atoms with Crippen LogP contribution in [0.4, 0.5) is 0 Å². The van der Waals surface area contributed by atoms with Gasteiger partial charge in [-0.3, -0.25) is 9.59 Å². The zero-order valence-corrected chi connectivity index (χ0v) is 36.2. The highest BCUT2D eigenvalue weighted by atomic mass is 32.2. The largest absolute Gasteiger partial charge is 0.481 e. The van der Waals surface area contributed by atoms with Gasteiger partial charge in [0.1, 0.15) is 5.60 Å². The maximum Gasteiger partial charge on any atom is 0.307 e. The van der Waals surface area contributed by atoms with Gasteiger partial charge < -0.3 is 18.9 Å². The van der Waals surface area contributed by atoms with Crippen LogP contribution in [0, 0.1) is 11.8 Å². The number of hydrogen-bond donors (Lipinski definition) is 1. The summed E-state index contributed by atoms with van der Waals surface area (Å²) >= 11 is 0. The molecule has 1 N–H and O–H groups in total. The van der Waals surface area contributed by atoms with Gasteiger partial charge in [-0.25, -0.2) is 16.8 Å². The highest BCUT2D eigenvalue weighted by Crippen LogP contribution is 2.33. The van der Waals surface area contributed by atoms with Crippen LogP contribution >= 0.6 is 0 Å². The molecule has 2 aromatic heterocycles. The molecule has 320 valence electrons. The van der Waals surface area contributed by atoms with Crippen molar-refractivity contribution in [2.24, 2.45) is 11.8 Å². The van der Waals surface area contributed by atoms with E-state index < -0.39 is 31.6 Å². The van der Waals surface area contributed by atoms with Crippen LogP contribution in [0.5, 0.6) is 0 Å². The molecule has 0 bridgehead atoms. The lowest BCUT2D eigenvalue weighted by Gasteiger charge is -2.23. The fourth-order valence-electron chi connectivity index (χ4n) is 7.31. The minimum Gasteiger partial charge on any atom is -0.481 e. The first-order valence-electron chi connectivity index (χ1n) is 20.1. The van der Waals surface area contributed by atoms with Crippen molar-refractivity contribution in [1.29, 1.82) is 0 Å². The number of rotatable bonds is 20. The van der Waals surface area contributed by atoms with Crippen molar-refractivity contribution in [3.05, 3.63) is 23.4 Å². The molecule has 0 spiro atoms. The smallest absolute Gasteiger partial charge is 0.307 e. The predicted molar refractivity (Wildman–Crippen MR) is 210 cm³/mol. The molecule has 0 unspecified atom stereocenters. The Bertz CT molecular complexity index is 1710. The van der Waals surface area contributed by atoms with E-state index >= 15 is 0 Å². The lowest BCUT2D eigenvalue weighted by molar-refractivity contribution is -0.155. The first kappa shape index (κ1) is 47.4. The Hall–Kier alpha value is -2.96.